The van der Waals surface area contributed by atoms with Gasteiger partial charge in [0.15, 0.2) is 5.17 Å². The second kappa shape index (κ2) is 8.37. The van der Waals surface area contributed by atoms with Gasteiger partial charge in [0.1, 0.15) is 5.82 Å². The molecule has 8 heteroatoms. The summed E-state index contributed by atoms with van der Waals surface area (Å²) < 4.78 is 18.0. The van der Waals surface area contributed by atoms with Gasteiger partial charge in [0.2, 0.25) is 0 Å². The second-order valence-corrected chi connectivity index (χ2v) is 6.92. The van der Waals surface area contributed by atoms with Crippen molar-refractivity contribution in [2.45, 2.75) is 6.54 Å². The van der Waals surface area contributed by atoms with Gasteiger partial charge in [-0.05, 0) is 35.5 Å². The van der Waals surface area contributed by atoms with Crippen LogP contribution in [0.15, 0.2) is 64.5 Å². The van der Waals surface area contributed by atoms with Gasteiger partial charge in [0.25, 0.3) is 5.91 Å². The van der Waals surface area contributed by atoms with E-state index >= 15 is 0 Å². The summed E-state index contributed by atoms with van der Waals surface area (Å²) >= 11 is 6.85. The van der Waals surface area contributed by atoms with Crippen LogP contribution in [0.3, 0.4) is 0 Å². The van der Waals surface area contributed by atoms with Crippen LogP contribution in [0.25, 0.3) is 0 Å². The van der Waals surface area contributed by atoms with Crippen molar-refractivity contribution in [3.63, 3.8) is 0 Å². The molecule has 0 unspecified atom stereocenters. The molecule has 0 aromatic heterocycles. The molecular formula is C19H14ClFN2O3S. The SMILES string of the molecule is COC(=O)C=C1SC(=Nc2ccc(F)c(Cl)c2)N(Cc2ccccc2)C1=O. The number of hydrogen-bond donors (Lipinski definition) is 0. The number of esters is 1. The number of nitrogens with zero attached hydrogens (tertiary/aromatic N) is 2. The average molecular weight is 405 g/mol. The molecule has 1 aliphatic heterocycles. The smallest absolute Gasteiger partial charge is 0.331 e. The molecule has 2 aromatic rings. The van der Waals surface area contributed by atoms with Crippen LogP contribution in [-0.2, 0) is 20.9 Å². The summed E-state index contributed by atoms with van der Waals surface area (Å²) in [5.41, 5.74) is 1.30. The highest BCUT2D eigenvalue weighted by Crippen LogP contribution is 2.34. The molecule has 3 rings (SSSR count). The van der Waals surface area contributed by atoms with Crippen LogP contribution in [0.5, 0.6) is 0 Å². The summed E-state index contributed by atoms with van der Waals surface area (Å²) in [5, 5.41) is 0.299. The van der Waals surface area contributed by atoms with E-state index in [9.17, 15) is 14.0 Å². The molecule has 0 N–H and O–H groups in total. The van der Waals surface area contributed by atoms with Crippen LogP contribution in [0.2, 0.25) is 5.02 Å². The third-order valence-corrected chi connectivity index (χ3v) is 4.95. The number of methoxy groups -OCH3 is 1. The van der Waals surface area contributed by atoms with Crippen LogP contribution >= 0.6 is 23.4 Å². The lowest BCUT2D eigenvalue weighted by Gasteiger charge is -2.15. The molecule has 0 aliphatic carbocycles. The van der Waals surface area contributed by atoms with E-state index in [-0.39, 0.29) is 22.4 Å². The first-order valence-electron chi connectivity index (χ1n) is 7.85. The van der Waals surface area contributed by atoms with Crippen LogP contribution in [-0.4, -0.2) is 29.1 Å². The lowest BCUT2D eigenvalue weighted by Crippen LogP contribution is -2.28. The first-order chi connectivity index (χ1) is 13.0. The van der Waals surface area contributed by atoms with Gasteiger partial charge in [-0.1, -0.05) is 41.9 Å². The van der Waals surface area contributed by atoms with Crippen molar-refractivity contribution in [1.29, 1.82) is 0 Å². The number of thioether (sulfide) groups is 1. The van der Waals surface area contributed by atoms with E-state index in [1.165, 1.54) is 30.2 Å². The van der Waals surface area contributed by atoms with Gasteiger partial charge in [-0.15, -0.1) is 0 Å². The van der Waals surface area contributed by atoms with Crippen molar-refractivity contribution < 1.29 is 18.7 Å². The van der Waals surface area contributed by atoms with E-state index in [2.05, 4.69) is 9.73 Å². The molecule has 0 bridgehead atoms. The van der Waals surface area contributed by atoms with E-state index in [0.717, 1.165) is 23.4 Å². The number of carbonyl (C=O) groups excluding carboxylic acids is 2. The Hall–Kier alpha value is -2.64. The Kier molecular flexibility index (Phi) is 5.93. The second-order valence-electron chi connectivity index (χ2n) is 5.50. The van der Waals surface area contributed by atoms with Gasteiger partial charge >= 0.3 is 5.97 Å². The Bertz CT molecular complexity index is 947. The van der Waals surface area contributed by atoms with Crippen molar-refractivity contribution in [2.75, 3.05) is 7.11 Å². The molecule has 0 saturated carbocycles. The van der Waals surface area contributed by atoms with Crippen LogP contribution < -0.4 is 0 Å². The number of hydrogen-bond acceptors (Lipinski definition) is 5. The zero-order valence-electron chi connectivity index (χ0n) is 14.2. The molecular weight excluding hydrogens is 391 g/mol. The van der Waals surface area contributed by atoms with Crippen molar-refractivity contribution in [2.24, 2.45) is 4.99 Å². The highest BCUT2D eigenvalue weighted by molar-refractivity contribution is 8.18. The van der Waals surface area contributed by atoms with Crippen LogP contribution in [0.4, 0.5) is 10.1 Å². The normalized spacial score (nSPS) is 17.0. The minimum atomic E-state index is -0.628. The minimum Gasteiger partial charge on any atom is -0.466 e. The molecule has 0 spiro atoms. The Balaban J connectivity index is 1.97. The fourth-order valence-electron chi connectivity index (χ4n) is 2.33. The quantitative estimate of drug-likeness (QED) is 0.563. The molecule has 1 fully saturated rings. The summed E-state index contributed by atoms with van der Waals surface area (Å²) in [6, 6.07) is 13.4. The van der Waals surface area contributed by atoms with Crippen LogP contribution in [0, 0.1) is 5.82 Å². The number of rotatable bonds is 4. The largest absolute Gasteiger partial charge is 0.466 e. The van der Waals surface area contributed by atoms with Crippen molar-refractivity contribution in [3.05, 3.63) is 75.9 Å². The number of carbonyl (C=O) groups is 2. The number of benzene rings is 2. The molecule has 2 aromatic carbocycles. The topological polar surface area (TPSA) is 59.0 Å². The molecule has 1 amide bonds. The molecule has 0 atom stereocenters. The number of ether oxygens (including phenoxy) is 1. The number of amidine groups is 1. The van der Waals surface area contributed by atoms with Gasteiger partial charge in [-0.25, -0.2) is 14.2 Å². The summed E-state index contributed by atoms with van der Waals surface area (Å²) in [6.07, 6.45) is 1.13. The Labute approximate surface area is 164 Å². The molecule has 1 aliphatic rings. The lowest BCUT2D eigenvalue weighted by molar-refractivity contribution is -0.135. The first-order valence-corrected chi connectivity index (χ1v) is 9.04. The monoisotopic (exact) mass is 404 g/mol. The maximum Gasteiger partial charge on any atom is 0.331 e. The minimum absolute atomic E-state index is 0.0638. The summed E-state index contributed by atoms with van der Waals surface area (Å²) in [6.45, 7) is 0.277. The third kappa shape index (κ3) is 4.56. The average Bonchev–Trinajstić information content (AvgIpc) is 2.94. The molecule has 1 saturated heterocycles. The van der Waals surface area contributed by atoms with Gasteiger partial charge < -0.3 is 4.74 Å². The standard InChI is InChI=1S/C19H14ClFN2O3S/c1-26-17(24)10-16-18(25)23(11-12-5-3-2-4-6-12)19(27-16)22-13-7-8-15(21)14(20)9-13/h2-10H,11H2,1H3. The lowest BCUT2D eigenvalue weighted by atomic mass is 10.2. The van der Waals surface area contributed by atoms with Gasteiger partial charge in [0.05, 0.1) is 29.3 Å². The Morgan fingerprint density at radius 3 is 2.70 bits per heavy atom. The fourth-order valence-corrected chi connectivity index (χ4v) is 3.46. The van der Waals surface area contributed by atoms with Crippen molar-refractivity contribution in [1.82, 2.24) is 4.90 Å². The zero-order valence-corrected chi connectivity index (χ0v) is 15.8. The van der Waals surface area contributed by atoms with E-state index in [4.69, 9.17) is 11.6 Å². The highest BCUT2D eigenvalue weighted by Gasteiger charge is 2.34. The molecule has 1 heterocycles. The Morgan fingerprint density at radius 2 is 2.04 bits per heavy atom. The Morgan fingerprint density at radius 1 is 1.30 bits per heavy atom. The predicted molar refractivity (Wildman–Crippen MR) is 103 cm³/mol. The van der Waals surface area contributed by atoms with Crippen molar-refractivity contribution in [3.8, 4) is 0 Å². The number of halogens is 2. The number of aliphatic imine (C=N–C) groups is 1. The van der Waals surface area contributed by atoms with Gasteiger partial charge in [0, 0.05) is 6.08 Å². The zero-order chi connectivity index (χ0) is 19.4. The van der Waals surface area contributed by atoms with Gasteiger partial charge in [-0.2, -0.15) is 0 Å². The number of amides is 1. The van der Waals surface area contributed by atoms with E-state index in [1.54, 1.807) is 0 Å². The maximum absolute atomic E-state index is 13.4. The summed E-state index contributed by atoms with van der Waals surface area (Å²) in [7, 11) is 1.24. The summed E-state index contributed by atoms with van der Waals surface area (Å²) in [4.78, 5) is 30.4. The predicted octanol–water partition coefficient (Wildman–Crippen LogP) is 4.30. The van der Waals surface area contributed by atoms with Gasteiger partial charge in [-0.3, -0.25) is 9.69 Å². The summed E-state index contributed by atoms with van der Waals surface area (Å²) in [5.74, 6) is -1.54. The molecule has 0 radical (unpaired) electrons. The first kappa shape index (κ1) is 19.1. The molecule has 5 nitrogen and oxygen atoms in total. The van der Waals surface area contributed by atoms with Crippen LogP contribution in [0.1, 0.15) is 5.56 Å². The fraction of sp³-hybridized carbons (Fsp3) is 0.105. The van der Waals surface area contributed by atoms with E-state index in [1.807, 2.05) is 30.3 Å². The van der Waals surface area contributed by atoms with Crippen molar-refractivity contribution >= 4 is 46.1 Å². The maximum atomic E-state index is 13.4. The molecule has 27 heavy (non-hydrogen) atoms. The van der Waals surface area contributed by atoms with E-state index < -0.39 is 11.8 Å². The molecule has 138 valence electrons. The highest BCUT2D eigenvalue weighted by atomic mass is 35.5. The van der Waals surface area contributed by atoms with E-state index in [0.29, 0.717) is 10.9 Å². The third-order valence-electron chi connectivity index (χ3n) is 3.65.